The van der Waals surface area contributed by atoms with Gasteiger partial charge in [0.25, 0.3) is 0 Å². The Bertz CT molecular complexity index is 1010. The number of benzene rings is 3. The number of hydrogen-bond acceptors (Lipinski definition) is 2. The van der Waals surface area contributed by atoms with Crippen LogP contribution in [0.2, 0.25) is 0 Å². The van der Waals surface area contributed by atoms with Crippen LogP contribution in [0.5, 0.6) is 0 Å². The van der Waals surface area contributed by atoms with Crippen molar-refractivity contribution in [3.05, 3.63) is 106 Å². The summed E-state index contributed by atoms with van der Waals surface area (Å²) in [6.07, 6.45) is 2.29. The van der Waals surface area contributed by atoms with Gasteiger partial charge in [-0.2, -0.15) is 0 Å². The van der Waals surface area contributed by atoms with E-state index in [9.17, 15) is 9.59 Å². The molecule has 0 spiro atoms. The summed E-state index contributed by atoms with van der Waals surface area (Å²) in [7, 11) is 0. The van der Waals surface area contributed by atoms with Gasteiger partial charge in [0, 0.05) is 17.5 Å². The minimum Gasteiger partial charge on any atom is -0.299 e. The molecule has 0 heterocycles. The average molecular weight is 383 g/mol. The van der Waals surface area contributed by atoms with Gasteiger partial charge in [0.05, 0.1) is 5.92 Å². The predicted molar refractivity (Wildman–Crippen MR) is 117 cm³/mol. The molecule has 0 aliphatic heterocycles. The van der Waals surface area contributed by atoms with Gasteiger partial charge < -0.3 is 0 Å². The van der Waals surface area contributed by atoms with Crippen LogP contribution in [0.3, 0.4) is 0 Å². The van der Waals surface area contributed by atoms with Gasteiger partial charge in [-0.05, 0) is 41.0 Å². The normalized spacial score (nSPS) is 14.2. The Morgan fingerprint density at radius 3 is 2.14 bits per heavy atom. The Kier molecular flexibility index (Phi) is 5.44. The number of ketones is 2. The van der Waals surface area contributed by atoms with Gasteiger partial charge >= 0.3 is 0 Å². The first-order valence-corrected chi connectivity index (χ1v) is 10.4. The van der Waals surface area contributed by atoms with Crippen LogP contribution < -0.4 is 0 Å². The van der Waals surface area contributed by atoms with Crippen LogP contribution in [-0.2, 0) is 11.2 Å². The van der Waals surface area contributed by atoms with Crippen LogP contribution in [0.1, 0.15) is 76.7 Å². The van der Waals surface area contributed by atoms with Gasteiger partial charge in [-0.15, -0.1) is 0 Å². The van der Waals surface area contributed by atoms with E-state index in [1.807, 2.05) is 48.5 Å². The van der Waals surface area contributed by atoms with E-state index in [4.69, 9.17) is 0 Å². The van der Waals surface area contributed by atoms with Crippen molar-refractivity contribution in [3.63, 3.8) is 0 Å². The first-order valence-electron chi connectivity index (χ1n) is 10.4. The molecule has 29 heavy (non-hydrogen) atoms. The van der Waals surface area contributed by atoms with Gasteiger partial charge in [-0.25, -0.2) is 0 Å². The number of carbonyl (C=O) groups excluding carboxylic acids is 2. The molecule has 0 N–H and O–H groups in total. The molecule has 3 aromatic carbocycles. The molecule has 2 nitrogen and oxygen atoms in total. The molecule has 3 aromatic rings. The quantitative estimate of drug-likeness (QED) is 0.518. The number of aryl methyl sites for hydroxylation is 1. The maximum atomic E-state index is 13.4. The predicted octanol–water partition coefficient (Wildman–Crippen LogP) is 6.08. The highest BCUT2D eigenvalue weighted by molar-refractivity contribution is 6.15. The van der Waals surface area contributed by atoms with Crippen molar-refractivity contribution in [3.8, 4) is 0 Å². The van der Waals surface area contributed by atoms with Gasteiger partial charge in [0.15, 0.2) is 5.78 Å². The summed E-state index contributed by atoms with van der Waals surface area (Å²) >= 11 is 0. The molecule has 1 unspecified atom stereocenters. The maximum absolute atomic E-state index is 13.4. The van der Waals surface area contributed by atoms with Crippen LogP contribution in [0.4, 0.5) is 0 Å². The zero-order chi connectivity index (χ0) is 20.4. The lowest BCUT2D eigenvalue weighted by atomic mass is 9.74. The summed E-state index contributed by atoms with van der Waals surface area (Å²) in [6.45, 7) is 4.43. The summed E-state index contributed by atoms with van der Waals surface area (Å²) in [5, 5.41) is 0. The van der Waals surface area contributed by atoms with Crippen LogP contribution >= 0.6 is 0 Å². The highest BCUT2D eigenvalue weighted by atomic mass is 16.1. The average Bonchev–Trinajstić information content (AvgIpc) is 2.77. The highest BCUT2D eigenvalue weighted by Gasteiger charge is 2.34. The lowest BCUT2D eigenvalue weighted by molar-refractivity contribution is -0.119. The smallest absolute Gasteiger partial charge is 0.193 e. The molecule has 0 bridgehead atoms. The van der Waals surface area contributed by atoms with Crippen LogP contribution in [0, 0.1) is 0 Å². The summed E-state index contributed by atoms with van der Waals surface area (Å²) in [5.74, 6) is 0.347. The van der Waals surface area contributed by atoms with Crippen molar-refractivity contribution >= 4 is 11.6 Å². The van der Waals surface area contributed by atoms with E-state index in [0.717, 1.165) is 24.0 Å². The fourth-order valence-electron chi connectivity index (χ4n) is 4.27. The van der Waals surface area contributed by atoms with Gasteiger partial charge in [0.2, 0.25) is 0 Å². The SMILES string of the molecule is CCC(C)c1cccc(CCC(=O)C2c3ccccc3C(=O)c3ccccc32)c1. The molecule has 0 radical (unpaired) electrons. The second kappa shape index (κ2) is 8.16. The third-order valence-electron chi connectivity index (χ3n) is 6.15. The van der Waals surface area contributed by atoms with E-state index in [1.165, 1.54) is 11.1 Å². The maximum Gasteiger partial charge on any atom is 0.193 e. The molecule has 1 aliphatic rings. The fourth-order valence-corrected chi connectivity index (χ4v) is 4.27. The number of carbonyl (C=O) groups is 2. The second-order valence-corrected chi connectivity index (χ2v) is 7.96. The van der Waals surface area contributed by atoms with Crippen molar-refractivity contribution in [1.82, 2.24) is 0 Å². The molecule has 0 fully saturated rings. The molecule has 0 saturated carbocycles. The fraction of sp³-hybridized carbons (Fsp3) is 0.259. The van der Waals surface area contributed by atoms with Crippen molar-refractivity contribution in [2.24, 2.45) is 0 Å². The van der Waals surface area contributed by atoms with Crippen molar-refractivity contribution < 1.29 is 9.59 Å². The molecule has 4 rings (SSSR count). The summed E-state index contributed by atoms with van der Waals surface area (Å²) < 4.78 is 0. The van der Waals surface area contributed by atoms with Crippen LogP contribution in [0.15, 0.2) is 72.8 Å². The molecule has 2 heteroatoms. The second-order valence-electron chi connectivity index (χ2n) is 7.96. The van der Waals surface area contributed by atoms with E-state index in [2.05, 4.69) is 38.1 Å². The minimum atomic E-state index is -0.363. The van der Waals surface area contributed by atoms with E-state index in [1.54, 1.807) is 0 Å². The highest BCUT2D eigenvalue weighted by Crippen LogP contribution is 2.37. The number of fused-ring (bicyclic) bond motifs is 2. The first-order chi connectivity index (χ1) is 14.1. The van der Waals surface area contributed by atoms with Gasteiger partial charge in [-0.3, -0.25) is 9.59 Å². The van der Waals surface area contributed by atoms with Crippen molar-refractivity contribution in [2.75, 3.05) is 0 Å². The Labute approximate surface area is 172 Å². The molecule has 0 amide bonds. The Morgan fingerprint density at radius 1 is 0.897 bits per heavy atom. The molecule has 1 atom stereocenters. The van der Waals surface area contributed by atoms with Gasteiger partial charge in [0.1, 0.15) is 5.78 Å². The Morgan fingerprint density at radius 2 is 1.52 bits per heavy atom. The van der Waals surface area contributed by atoms with Crippen molar-refractivity contribution in [2.45, 2.75) is 44.9 Å². The third-order valence-corrected chi connectivity index (χ3v) is 6.15. The summed E-state index contributed by atoms with van der Waals surface area (Å²) in [5.41, 5.74) is 5.52. The Hall–Kier alpha value is -3.00. The zero-order valence-corrected chi connectivity index (χ0v) is 17.0. The van der Waals surface area contributed by atoms with E-state index >= 15 is 0 Å². The van der Waals surface area contributed by atoms with Gasteiger partial charge in [-0.1, -0.05) is 86.6 Å². The lowest BCUT2D eigenvalue weighted by Gasteiger charge is -2.26. The molecular formula is C27H26O2. The number of Topliss-reactive ketones (excluding diaryl/α,β-unsaturated/α-hetero) is 1. The van der Waals surface area contributed by atoms with E-state index in [0.29, 0.717) is 23.5 Å². The number of rotatable bonds is 6. The van der Waals surface area contributed by atoms with Crippen LogP contribution in [0.25, 0.3) is 0 Å². The number of hydrogen-bond donors (Lipinski definition) is 0. The molecule has 1 aliphatic carbocycles. The monoisotopic (exact) mass is 382 g/mol. The largest absolute Gasteiger partial charge is 0.299 e. The third kappa shape index (κ3) is 3.67. The van der Waals surface area contributed by atoms with E-state index < -0.39 is 0 Å². The molecule has 0 saturated heterocycles. The standard InChI is InChI=1S/C27H26O2/c1-3-18(2)20-10-8-9-19(17-20)15-16-25(28)26-21-11-4-6-13-23(21)27(29)24-14-7-5-12-22(24)26/h4-14,17-18,26H,3,15-16H2,1-2H3. The Balaban J connectivity index is 1.61. The zero-order valence-electron chi connectivity index (χ0n) is 17.0. The topological polar surface area (TPSA) is 34.1 Å². The first kappa shape index (κ1) is 19.3. The molecular weight excluding hydrogens is 356 g/mol. The van der Waals surface area contributed by atoms with Crippen LogP contribution in [-0.4, -0.2) is 11.6 Å². The minimum absolute atomic E-state index is 0.0153. The molecule has 146 valence electrons. The lowest BCUT2D eigenvalue weighted by Crippen LogP contribution is -2.25. The molecule has 0 aromatic heterocycles. The van der Waals surface area contributed by atoms with E-state index in [-0.39, 0.29) is 17.5 Å². The van der Waals surface area contributed by atoms with Crippen molar-refractivity contribution in [1.29, 1.82) is 0 Å². The summed E-state index contributed by atoms with van der Waals surface area (Å²) in [4.78, 5) is 26.2. The summed E-state index contributed by atoms with van der Waals surface area (Å²) in [6, 6.07) is 23.7.